The van der Waals surface area contributed by atoms with Crippen molar-refractivity contribution in [2.45, 2.75) is 19.6 Å². The van der Waals surface area contributed by atoms with E-state index in [0.717, 1.165) is 17.0 Å². The number of pyridine rings is 2. The lowest BCUT2D eigenvalue weighted by Crippen LogP contribution is -2.31. The van der Waals surface area contributed by atoms with Crippen molar-refractivity contribution in [3.8, 4) is 17.2 Å². The molecule has 3 rings (SSSR count). The first-order valence-corrected chi connectivity index (χ1v) is 10.8. The zero-order chi connectivity index (χ0) is 24.3. The van der Waals surface area contributed by atoms with Gasteiger partial charge in [0.25, 0.3) is 0 Å². The van der Waals surface area contributed by atoms with Gasteiger partial charge in [-0.1, -0.05) is 12.1 Å². The molecule has 4 N–H and O–H groups in total. The Morgan fingerprint density at radius 3 is 1.85 bits per heavy atom. The molecule has 34 heavy (non-hydrogen) atoms. The maximum Gasteiger partial charge on any atom is 0.203 e. The van der Waals surface area contributed by atoms with Crippen molar-refractivity contribution in [3.05, 3.63) is 89.8 Å². The number of nitrogens with two attached hydrogens (primary N) is 2. The van der Waals surface area contributed by atoms with Gasteiger partial charge in [-0.05, 0) is 42.0 Å². The Morgan fingerprint density at radius 2 is 1.41 bits per heavy atom. The Balaban J connectivity index is 1.72. The van der Waals surface area contributed by atoms with Gasteiger partial charge in [-0.2, -0.15) is 0 Å². The fourth-order valence-corrected chi connectivity index (χ4v) is 3.60. The van der Waals surface area contributed by atoms with Crippen LogP contribution in [0.5, 0.6) is 17.2 Å². The second-order valence-electron chi connectivity index (χ2n) is 7.70. The highest BCUT2D eigenvalue weighted by molar-refractivity contribution is 5.53. The first-order valence-electron chi connectivity index (χ1n) is 10.8. The zero-order valence-electron chi connectivity index (χ0n) is 19.8. The Kier molecular flexibility index (Phi) is 9.07. The van der Waals surface area contributed by atoms with Crippen LogP contribution < -0.4 is 25.8 Å². The molecule has 0 amide bonds. The van der Waals surface area contributed by atoms with Gasteiger partial charge in [-0.15, -0.1) is 0 Å². The van der Waals surface area contributed by atoms with Gasteiger partial charge in [0, 0.05) is 43.9 Å². The highest BCUT2D eigenvalue weighted by Crippen LogP contribution is 2.38. The summed E-state index contributed by atoms with van der Waals surface area (Å²) in [6.45, 7) is 2.15. The number of hydrogen-bond donors (Lipinski definition) is 2. The molecule has 2 heterocycles. The number of methoxy groups -OCH3 is 3. The van der Waals surface area contributed by atoms with Gasteiger partial charge in [-0.3, -0.25) is 14.9 Å². The lowest BCUT2D eigenvalue weighted by molar-refractivity contribution is 0.268. The van der Waals surface area contributed by atoms with Crippen molar-refractivity contribution in [1.29, 1.82) is 0 Å². The second kappa shape index (κ2) is 12.4. The molecule has 0 spiro atoms. The fourth-order valence-electron chi connectivity index (χ4n) is 3.60. The van der Waals surface area contributed by atoms with Gasteiger partial charge in [0.15, 0.2) is 11.5 Å². The summed E-state index contributed by atoms with van der Waals surface area (Å²) in [5.74, 6) is 7.93. The maximum atomic E-state index is 6.38. The minimum atomic E-state index is 0.401. The molecule has 0 saturated heterocycles. The van der Waals surface area contributed by atoms with Crippen LogP contribution >= 0.6 is 0 Å². The van der Waals surface area contributed by atoms with E-state index in [-0.39, 0.29) is 0 Å². The number of rotatable bonds is 12. The molecule has 0 aliphatic rings. The van der Waals surface area contributed by atoms with E-state index in [4.69, 9.17) is 25.8 Å². The van der Waals surface area contributed by atoms with Gasteiger partial charge in [0.05, 0.1) is 39.3 Å². The van der Waals surface area contributed by atoms with E-state index in [2.05, 4.69) is 14.9 Å². The SMILES string of the molecule is COc1cc(CN(N)/C=C(\N)CN(Cc2ccccn2)Cc2ccccn2)cc(OC)c1OC. The van der Waals surface area contributed by atoms with Crippen molar-refractivity contribution in [3.63, 3.8) is 0 Å². The number of hydrazine groups is 1. The minimum absolute atomic E-state index is 0.401. The van der Waals surface area contributed by atoms with E-state index in [1.165, 1.54) is 5.01 Å². The molecule has 3 aromatic rings. The molecule has 9 heteroatoms. The average Bonchev–Trinajstić information content (AvgIpc) is 2.84. The summed E-state index contributed by atoms with van der Waals surface area (Å²) < 4.78 is 16.2. The number of nitrogens with zero attached hydrogens (tertiary/aromatic N) is 4. The molecule has 0 saturated carbocycles. The largest absolute Gasteiger partial charge is 0.493 e. The van der Waals surface area contributed by atoms with E-state index < -0.39 is 0 Å². The predicted molar refractivity (Wildman–Crippen MR) is 131 cm³/mol. The van der Waals surface area contributed by atoms with Crippen molar-refractivity contribution < 1.29 is 14.2 Å². The monoisotopic (exact) mass is 464 g/mol. The van der Waals surface area contributed by atoms with Gasteiger partial charge in [0.2, 0.25) is 5.75 Å². The molecular weight excluding hydrogens is 432 g/mol. The third-order valence-corrected chi connectivity index (χ3v) is 5.05. The first kappa shape index (κ1) is 24.8. The van der Waals surface area contributed by atoms with Crippen LogP contribution in [-0.2, 0) is 19.6 Å². The van der Waals surface area contributed by atoms with Crippen LogP contribution in [0.4, 0.5) is 0 Å². The smallest absolute Gasteiger partial charge is 0.203 e. The Bertz CT molecular complexity index is 996. The zero-order valence-corrected chi connectivity index (χ0v) is 19.8. The van der Waals surface area contributed by atoms with E-state index in [9.17, 15) is 0 Å². The molecule has 9 nitrogen and oxygen atoms in total. The van der Waals surface area contributed by atoms with Crippen molar-refractivity contribution in [2.24, 2.45) is 11.6 Å². The van der Waals surface area contributed by atoms with Gasteiger partial charge in [0.1, 0.15) is 0 Å². The highest BCUT2D eigenvalue weighted by Gasteiger charge is 2.14. The summed E-state index contributed by atoms with van der Waals surface area (Å²) in [4.78, 5) is 11.0. The molecule has 0 unspecified atom stereocenters. The summed E-state index contributed by atoms with van der Waals surface area (Å²) in [6.07, 6.45) is 5.30. The van der Waals surface area contributed by atoms with Crippen LogP contribution in [0.3, 0.4) is 0 Å². The number of aromatic nitrogens is 2. The van der Waals surface area contributed by atoms with Crippen LogP contribution in [-0.4, -0.2) is 47.8 Å². The maximum absolute atomic E-state index is 6.38. The number of benzene rings is 1. The molecule has 1 aromatic carbocycles. The van der Waals surface area contributed by atoms with Crippen LogP contribution in [0.25, 0.3) is 0 Å². The minimum Gasteiger partial charge on any atom is -0.493 e. The summed E-state index contributed by atoms with van der Waals surface area (Å²) in [6, 6.07) is 15.4. The Morgan fingerprint density at radius 1 is 0.853 bits per heavy atom. The Labute approximate surface area is 200 Å². The second-order valence-corrected chi connectivity index (χ2v) is 7.70. The summed E-state index contributed by atoms with van der Waals surface area (Å²) >= 11 is 0. The van der Waals surface area contributed by atoms with Gasteiger partial charge in [-0.25, -0.2) is 5.84 Å². The third-order valence-electron chi connectivity index (χ3n) is 5.05. The molecule has 0 aliphatic carbocycles. The topological polar surface area (TPSA) is 112 Å². The molecular formula is C25H32N6O3. The summed E-state index contributed by atoms with van der Waals surface area (Å²) in [5.41, 5.74) is 9.79. The van der Waals surface area contributed by atoms with Crippen molar-refractivity contribution in [2.75, 3.05) is 27.9 Å². The van der Waals surface area contributed by atoms with Crippen LogP contribution in [0.1, 0.15) is 17.0 Å². The van der Waals surface area contributed by atoms with Gasteiger partial charge >= 0.3 is 0 Å². The fraction of sp³-hybridized carbons (Fsp3) is 0.280. The van der Waals surface area contributed by atoms with Gasteiger partial charge < -0.3 is 25.0 Å². The van der Waals surface area contributed by atoms with Crippen LogP contribution in [0, 0.1) is 0 Å². The summed E-state index contributed by atoms with van der Waals surface area (Å²) in [5, 5.41) is 1.54. The predicted octanol–water partition coefficient (Wildman–Crippen LogP) is 2.68. The molecule has 0 fully saturated rings. The normalized spacial score (nSPS) is 11.4. The molecule has 2 aromatic heterocycles. The summed E-state index contributed by atoms with van der Waals surface area (Å²) in [7, 11) is 4.73. The van der Waals surface area contributed by atoms with Crippen LogP contribution in [0.15, 0.2) is 72.8 Å². The van der Waals surface area contributed by atoms with E-state index >= 15 is 0 Å². The van der Waals surface area contributed by atoms with Crippen LogP contribution in [0.2, 0.25) is 0 Å². The molecule has 0 bridgehead atoms. The highest BCUT2D eigenvalue weighted by atomic mass is 16.5. The van der Waals surface area contributed by atoms with Crippen molar-refractivity contribution >= 4 is 0 Å². The van der Waals surface area contributed by atoms with E-state index in [0.29, 0.717) is 49.1 Å². The average molecular weight is 465 g/mol. The molecule has 0 aliphatic heterocycles. The molecule has 0 atom stereocenters. The number of hydrogen-bond acceptors (Lipinski definition) is 9. The number of ether oxygens (including phenoxy) is 3. The molecule has 180 valence electrons. The first-order chi connectivity index (χ1) is 16.5. The standard InChI is InChI=1S/C25H32N6O3/c1-32-23-12-19(13-24(33-2)25(23)34-3)14-31(27)16-20(26)15-30(17-21-8-4-6-10-28-21)18-22-9-5-7-11-29-22/h4-13,16H,14-15,17-18,26-27H2,1-3H3/b20-16-. The lowest BCUT2D eigenvalue weighted by atomic mass is 10.1. The van der Waals surface area contributed by atoms with E-state index in [1.807, 2.05) is 48.5 Å². The third kappa shape index (κ3) is 7.09. The lowest BCUT2D eigenvalue weighted by Gasteiger charge is -2.23. The molecule has 0 radical (unpaired) electrons. The van der Waals surface area contributed by atoms with E-state index in [1.54, 1.807) is 39.9 Å². The Hall–Kier alpha value is -3.82. The quantitative estimate of drug-likeness (QED) is 0.309. The van der Waals surface area contributed by atoms with Crippen molar-refractivity contribution in [1.82, 2.24) is 19.9 Å².